The maximum Gasteiger partial charge on any atom is 0.408 e. The first-order valence-corrected chi connectivity index (χ1v) is 14.0. The Balaban J connectivity index is 2.46. The van der Waals surface area contributed by atoms with E-state index in [0.29, 0.717) is 0 Å². The van der Waals surface area contributed by atoms with Crippen LogP contribution >= 0.6 is 0 Å². The van der Waals surface area contributed by atoms with Crippen molar-refractivity contribution in [1.82, 2.24) is 9.44 Å². The molecule has 4 nitrogen and oxygen atoms in total. The summed E-state index contributed by atoms with van der Waals surface area (Å²) < 4.78 is 115. The van der Waals surface area contributed by atoms with E-state index in [1.807, 2.05) is 0 Å². The van der Waals surface area contributed by atoms with E-state index in [4.69, 9.17) is 0 Å². The minimum absolute atomic E-state index is 0.0838. The third-order valence-electron chi connectivity index (χ3n) is 5.81. The molecule has 0 amide bonds. The smallest absolute Gasteiger partial charge is 0.242 e. The summed E-state index contributed by atoms with van der Waals surface area (Å²) in [6.07, 6.45) is -9.85. The van der Waals surface area contributed by atoms with Crippen molar-refractivity contribution >= 4 is 43.5 Å². The number of halogens is 6. The lowest BCUT2D eigenvalue weighted by atomic mass is 9.86. The molecule has 0 saturated carbocycles. The highest BCUT2D eigenvalue weighted by Gasteiger charge is 2.47. The summed E-state index contributed by atoms with van der Waals surface area (Å²) in [4.78, 5) is 0. The van der Waals surface area contributed by atoms with Gasteiger partial charge < -0.3 is 0 Å². The van der Waals surface area contributed by atoms with Crippen LogP contribution in [-0.2, 0) is 22.0 Å². The van der Waals surface area contributed by atoms with Crippen molar-refractivity contribution in [1.29, 1.82) is 0 Å². The molecule has 0 heterocycles. The molecule has 38 heavy (non-hydrogen) atoms. The zero-order valence-corrected chi connectivity index (χ0v) is 23.3. The third-order valence-corrected chi connectivity index (χ3v) is 8.93. The second-order valence-corrected chi connectivity index (χ2v) is 14.9. The molecule has 3 rings (SSSR count). The van der Waals surface area contributed by atoms with E-state index in [1.165, 1.54) is 90.1 Å². The highest BCUT2D eigenvalue weighted by molar-refractivity contribution is 7.84. The fourth-order valence-corrected chi connectivity index (χ4v) is 5.60. The highest BCUT2D eigenvalue weighted by atomic mass is 32.2. The predicted molar refractivity (Wildman–Crippen MR) is 141 cm³/mol. The zero-order valence-electron chi connectivity index (χ0n) is 21.7. The number of hydrogen-bond acceptors (Lipinski definition) is 2. The summed E-state index contributed by atoms with van der Waals surface area (Å²) in [5, 5.41) is -0.335. The number of nitrogens with one attached hydrogen (secondary N) is 2. The molecule has 12 heteroatoms. The van der Waals surface area contributed by atoms with Crippen molar-refractivity contribution < 1.29 is 34.8 Å². The van der Waals surface area contributed by atoms with Crippen LogP contribution in [0.25, 0.3) is 21.5 Å². The highest BCUT2D eigenvalue weighted by Crippen LogP contribution is 2.47. The van der Waals surface area contributed by atoms with E-state index >= 15 is 0 Å². The van der Waals surface area contributed by atoms with E-state index in [1.54, 1.807) is 0 Å². The van der Waals surface area contributed by atoms with E-state index < -0.39 is 55.9 Å². The zero-order chi connectivity index (χ0) is 28.8. The molecule has 0 bridgehead atoms. The predicted octanol–water partition coefficient (Wildman–Crippen LogP) is 7.30. The molecule has 0 spiro atoms. The molecule has 2 unspecified atom stereocenters. The molecule has 210 valence electrons. The van der Waals surface area contributed by atoms with E-state index in [9.17, 15) is 34.8 Å². The van der Waals surface area contributed by atoms with Crippen LogP contribution in [0, 0.1) is 0 Å². The molecule has 0 aliphatic rings. The van der Waals surface area contributed by atoms with Gasteiger partial charge in [-0.1, -0.05) is 48.5 Å². The van der Waals surface area contributed by atoms with Gasteiger partial charge in [-0.15, -0.1) is 0 Å². The van der Waals surface area contributed by atoms with Crippen molar-refractivity contribution in [2.24, 2.45) is 0 Å². The van der Waals surface area contributed by atoms with Gasteiger partial charge in [0, 0.05) is 0 Å². The lowest BCUT2D eigenvalue weighted by molar-refractivity contribution is -0.153. The van der Waals surface area contributed by atoms with E-state index in [2.05, 4.69) is 9.44 Å². The molecule has 0 aliphatic heterocycles. The first-order chi connectivity index (χ1) is 17.2. The maximum atomic E-state index is 14.5. The first kappa shape index (κ1) is 30.5. The Morgan fingerprint density at radius 2 is 0.789 bits per heavy atom. The van der Waals surface area contributed by atoms with Gasteiger partial charge in [-0.2, -0.15) is 26.3 Å². The van der Waals surface area contributed by atoms with Crippen LogP contribution in [0.2, 0.25) is 0 Å². The number of benzene rings is 3. The van der Waals surface area contributed by atoms with Crippen molar-refractivity contribution in [2.75, 3.05) is 0 Å². The molecular weight excluding hydrogens is 550 g/mol. The van der Waals surface area contributed by atoms with Gasteiger partial charge in [0.1, 0.15) is 12.1 Å². The Morgan fingerprint density at radius 3 is 0.974 bits per heavy atom. The lowest BCUT2D eigenvalue weighted by Crippen LogP contribution is -2.42. The first-order valence-electron chi connectivity index (χ1n) is 11.7. The van der Waals surface area contributed by atoms with Gasteiger partial charge in [-0.25, -0.2) is 17.9 Å². The van der Waals surface area contributed by atoms with Crippen LogP contribution in [0.3, 0.4) is 0 Å². The fraction of sp³-hybridized carbons (Fsp3) is 0.462. The summed E-state index contributed by atoms with van der Waals surface area (Å²) in [6.45, 7) is 9.07. The number of alkyl halides is 6. The minimum atomic E-state index is -4.93. The molecule has 0 fully saturated rings. The summed E-state index contributed by atoms with van der Waals surface area (Å²) in [5.41, 5.74) is -0.661. The Labute approximate surface area is 222 Å². The van der Waals surface area contributed by atoms with E-state index in [0.717, 1.165) is 0 Å². The molecule has 0 radical (unpaired) electrons. The Kier molecular flexibility index (Phi) is 8.44. The number of hydrogen-bond donors (Lipinski definition) is 2. The quantitative estimate of drug-likeness (QED) is 0.237. The molecule has 3 aromatic rings. The van der Waals surface area contributed by atoms with Crippen molar-refractivity contribution in [3.63, 3.8) is 0 Å². The molecule has 0 aromatic heterocycles. The molecule has 2 N–H and O–H groups in total. The maximum absolute atomic E-state index is 14.5. The van der Waals surface area contributed by atoms with Crippen LogP contribution in [-0.4, -0.2) is 30.3 Å². The average Bonchev–Trinajstić information content (AvgIpc) is 2.77. The summed E-state index contributed by atoms with van der Waals surface area (Å²) in [5.74, 6) is 0. The van der Waals surface area contributed by atoms with Crippen molar-refractivity contribution in [3.8, 4) is 0 Å². The number of rotatable bonds is 6. The summed E-state index contributed by atoms with van der Waals surface area (Å²) >= 11 is 0. The van der Waals surface area contributed by atoms with Gasteiger partial charge in [0.2, 0.25) is 0 Å². The summed E-state index contributed by atoms with van der Waals surface area (Å²) in [6, 6.07) is 6.11. The lowest BCUT2D eigenvalue weighted by Gasteiger charge is -2.31. The topological polar surface area (TPSA) is 58.2 Å². The van der Waals surface area contributed by atoms with Gasteiger partial charge >= 0.3 is 12.4 Å². The second kappa shape index (κ2) is 10.5. The van der Waals surface area contributed by atoms with Crippen molar-refractivity contribution in [2.45, 2.75) is 75.5 Å². The van der Waals surface area contributed by atoms with Crippen molar-refractivity contribution in [3.05, 3.63) is 59.7 Å². The van der Waals surface area contributed by atoms with Crippen LogP contribution < -0.4 is 9.44 Å². The van der Waals surface area contributed by atoms with Gasteiger partial charge in [0.05, 0.1) is 31.5 Å². The van der Waals surface area contributed by atoms with Gasteiger partial charge in [-0.05, 0) is 74.2 Å². The molecular formula is C26H30F6N2O2S2. The van der Waals surface area contributed by atoms with Gasteiger partial charge in [0.25, 0.3) is 0 Å². The molecule has 3 aromatic carbocycles. The Bertz CT molecular complexity index is 1210. The van der Waals surface area contributed by atoms with Crippen LogP contribution in [0.15, 0.2) is 48.5 Å². The number of fused-ring (bicyclic) bond motifs is 2. The molecule has 0 aliphatic carbocycles. The van der Waals surface area contributed by atoms with Crippen LogP contribution in [0.4, 0.5) is 26.3 Å². The minimum Gasteiger partial charge on any atom is -0.242 e. The Morgan fingerprint density at radius 1 is 0.553 bits per heavy atom. The fourth-order valence-electron chi connectivity index (χ4n) is 3.96. The van der Waals surface area contributed by atoms with Gasteiger partial charge in [-0.3, -0.25) is 0 Å². The second-order valence-electron chi connectivity index (χ2n) is 10.9. The average molecular weight is 581 g/mol. The molecule has 0 saturated heterocycles. The normalized spacial score (nSPS) is 16.9. The van der Waals surface area contributed by atoms with Gasteiger partial charge in [0.15, 0.2) is 0 Å². The standard InChI is InChI=1S/C26H30F6N2O2S2/c1-23(2,3)37(35)33-21(25(27,28)29)19-15-11-7-9-13-17(15)20(18-14-10-8-12-16(18)19)22(26(30,31)32)34-38(36)24(4,5)6/h7-14,21-22,33-34H,1-6H3/t21-,22-,37?,38?/m1/s1. The van der Waals surface area contributed by atoms with Crippen LogP contribution in [0.5, 0.6) is 0 Å². The Hall–Kier alpha value is -2.02. The third kappa shape index (κ3) is 6.40. The SMILES string of the molecule is CC(C)(C)S(=O)N[C@H](c1c2ccccc2c([C@@H](NS(=O)C(C)(C)C)C(F)(F)F)c2ccccc12)C(F)(F)F. The largest absolute Gasteiger partial charge is 0.408 e. The molecule has 4 atom stereocenters. The monoisotopic (exact) mass is 580 g/mol. The summed E-state index contributed by atoms with van der Waals surface area (Å²) in [7, 11) is -4.30. The van der Waals surface area contributed by atoms with Crippen LogP contribution in [0.1, 0.15) is 64.8 Å². The van der Waals surface area contributed by atoms with E-state index in [-0.39, 0.29) is 32.7 Å².